The molecule has 2 aromatic heterocycles. The van der Waals surface area contributed by atoms with Crippen LogP contribution in [0.2, 0.25) is 0 Å². The van der Waals surface area contributed by atoms with E-state index >= 15 is 0 Å². The molecule has 138 valence electrons. The van der Waals surface area contributed by atoms with Gasteiger partial charge >= 0.3 is 6.36 Å². The van der Waals surface area contributed by atoms with E-state index in [1.165, 1.54) is 25.4 Å². The Balaban J connectivity index is 1.85. The number of pyridine rings is 1. The molecule has 26 heavy (non-hydrogen) atoms. The van der Waals surface area contributed by atoms with E-state index in [4.69, 9.17) is 0 Å². The van der Waals surface area contributed by atoms with Gasteiger partial charge in [0, 0.05) is 19.8 Å². The first-order valence-electron chi connectivity index (χ1n) is 7.27. The molecule has 1 N–H and O–H groups in total. The summed E-state index contributed by atoms with van der Waals surface area (Å²) in [7, 11) is -2.67. The van der Waals surface area contributed by atoms with Crippen molar-refractivity contribution in [3.8, 4) is 5.75 Å². The van der Waals surface area contributed by atoms with E-state index in [-0.39, 0.29) is 11.6 Å². The maximum absolute atomic E-state index is 12.7. The lowest BCUT2D eigenvalue weighted by molar-refractivity contribution is -0.274. The van der Waals surface area contributed by atoms with Crippen LogP contribution < -0.4 is 4.74 Å². The molecule has 0 aliphatic heterocycles. The fourth-order valence-corrected chi connectivity index (χ4v) is 3.58. The fraction of sp³-hybridized carbons (Fsp3) is 0.200. The zero-order valence-corrected chi connectivity index (χ0v) is 14.2. The molecule has 3 rings (SSSR count). The summed E-state index contributed by atoms with van der Waals surface area (Å²) in [5.41, 5.74) is 0.649. The van der Waals surface area contributed by atoms with Gasteiger partial charge in [0.1, 0.15) is 5.75 Å². The van der Waals surface area contributed by atoms with Crippen molar-refractivity contribution < 1.29 is 26.3 Å². The molecule has 0 aliphatic rings. The summed E-state index contributed by atoms with van der Waals surface area (Å²) < 4.78 is 67.2. The summed E-state index contributed by atoms with van der Waals surface area (Å²) in [6, 6.07) is 8.26. The first kappa shape index (κ1) is 18.1. The maximum Gasteiger partial charge on any atom is 0.573 e. The molecule has 0 saturated heterocycles. The van der Waals surface area contributed by atoms with Crippen LogP contribution in [-0.4, -0.2) is 41.3 Å². The lowest BCUT2D eigenvalue weighted by Crippen LogP contribution is -2.27. The monoisotopic (exact) mass is 386 g/mol. The second-order valence-electron chi connectivity index (χ2n) is 5.38. The number of aromatic nitrogens is 3. The van der Waals surface area contributed by atoms with Crippen molar-refractivity contribution in [3.63, 3.8) is 0 Å². The van der Waals surface area contributed by atoms with E-state index in [1.807, 2.05) is 0 Å². The van der Waals surface area contributed by atoms with E-state index in [0.717, 1.165) is 16.4 Å². The highest BCUT2D eigenvalue weighted by molar-refractivity contribution is 7.89. The first-order valence-corrected chi connectivity index (χ1v) is 8.71. The van der Waals surface area contributed by atoms with Crippen LogP contribution in [0.1, 0.15) is 5.56 Å². The second kappa shape index (κ2) is 6.57. The molecule has 0 atom stereocenters. The number of alkyl halides is 3. The summed E-state index contributed by atoms with van der Waals surface area (Å²) in [5, 5.41) is 6.47. The third-order valence-electron chi connectivity index (χ3n) is 3.49. The van der Waals surface area contributed by atoms with Crippen LogP contribution in [0.5, 0.6) is 5.75 Å². The van der Waals surface area contributed by atoms with Gasteiger partial charge in [0.2, 0.25) is 5.03 Å². The summed E-state index contributed by atoms with van der Waals surface area (Å²) in [4.78, 5) is 3.98. The van der Waals surface area contributed by atoms with Crippen molar-refractivity contribution in [2.75, 3.05) is 7.05 Å². The van der Waals surface area contributed by atoms with Crippen LogP contribution in [0.4, 0.5) is 13.2 Å². The van der Waals surface area contributed by atoms with Crippen LogP contribution >= 0.6 is 0 Å². The number of nitrogens with zero attached hydrogens (tertiary/aromatic N) is 3. The Hall–Kier alpha value is -2.66. The topological polar surface area (TPSA) is 88.2 Å². The molecule has 7 nitrogen and oxygen atoms in total. The number of ether oxygens (including phenoxy) is 1. The Kier molecular flexibility index (Phi) is 4.59. The van der Waals surface area contributed by atoms with Gasteiger partial charge in [-0.05, 0) is 29.8 Å². The van der Waals surface area contributed by atoms with Gasteiger partial charge in [-0.25, -0.2) is 13.4 Å². The van der Waals surface area contributed by atoms with Gasteiger partial charge in [-0.15, -0.1) is 13.2 Å². The zero-order valence-electron chi connectivity index (χ0n) is 13.4. The zero-order chi connectivity index (χ0) is 18.9. The SMILES string of the molecule is CN(Cc1cccc(OC(F)(F)F)c1)S(=O)(=O)c1n[nH]c2ncccc12. The number of nitrogens with one attached hydrogen (secondary N) is 1. The highest BCUT2D eigenvalue weighted by Gasteiger charge is 2.31. The summed E-state index contributed by atoms with van der Waals surface area (Å²) >= 11 is 0. The summed E-state index contributed by atoms with van der Waals surface area (Å²) in [6.45, 7) is -0.161. The molecule has 0 bridgehead atoms. The van der Waals surface area contributed by atoms with Gasteiger partial charge < -0.3 is 4.74 Å². The number of halogens is 3. The lowest BCUT2D eigenvalue weighted by Gasteiger charge is -2.17. The minimum atomic E-state index is -4.82. The van der Waals surface area contributed by atoms with Crippen molar-refractivity contribution in [1.82, 2.24) is 19.5 Å². The van der Waals surface area contributed by atoms with Crippen LogP contribution in [0.15, 0.2) is 47.6 Å². The van der Waals surface area contributed by atoms with Gasteiger partial charge in [0.05, 0.1) is 5.39 Å². The average molecular weight is 386 g/mol. The third-order valence-corrected chi connectivity index (χ3v) is 5.24. The first-order chi connectivity index (χ1) is 12.2. The van der Waals surface area contributed by atoms with Crippen molar-refractivity contribution in [3.05, 3.63) is 48.2 Å². The molecule has 3 aromatic rings. The average Bonchev–Trinajstić information content (AvgIpc) is 2.98. The summed E-state index contributed by atoms with van der Waals surface area (Å²) in [5.74, 6) is -0.421. The molecule has 11 heteroatoms. The Bertz CT molecular complexity index is 1030. The number of hydrogen-bond acceptors (Lipinski definition) is 5. The molecule has 1 aromatic carbocycles. The molecule has 0 radical (unpaired) electrons. The Morgan fingerprint density at radius 3 is 2.73 bits per heavy atom. The highest BCUT2D eigenvalue weighted by Crippen LogP contribution is 2.25. The van der Waals surface area contributed by atoms with E-state index in [9.17, 15) is 21.6 Å². The molecule has 2 heterocycles. The normalized spacial score (nSPS) is 12.7. The predicted octanol–water partition coefficient (Wildman–Crippen LogP) is 2.68. The van der Waals surface area contributed by atoms with Crippen molar-refractivity contribution in [2.45, 2.75) is 17.9 Å². The van der Waals surface area contributed by atoms with E-state index < -0.39 is 22.1 Å². The van der Waals surface area contributed by atoms with Crippen molar-refractivity contribution in [1.29, 1.82) is 0 Å². The van der Waals surface area contributed by atoms with Crippen LogP contribution in [-0.2, 0) is 16.6 Å². The van der Waals surface area contributed by atoms with Gasteiger partial charge in [0.15, 0.2) is 5.65 Å². The van der Waals surface area contributed by atoms with E-state index in [0.29, 0.717) is 16.6 Å². The fourth-order valence-electron chi connectivity index (χ4n) is 2.36. The highest BCUT2D eigenvalue weighted by atomic mass is 32.2. The molecule has 0 fully saturated rings. The Morgan fingerprint density at radius 2 is 2.00 bits per heavy atom. The predicted molar refractivity (Wildman–Crippen MR) is 85.7 cm³/mol. The van der Waals surface area contributed by atoms with Crippen LogP contribution in [0.3, 0.4) is 0 Å². The Morgan fingerprint density at radius 1 is 1.23 bits per heavy atom. The molecule has 0 spiro atoms. The number of fused-ring (bicyclic) bond motifs is 1. The smallest absolute Gasteiger partial charge is 0.406 e. The lowest BCUT2D eigenvalue weighted by atomic mass is 10.2. The number of hydrogen-bond donors (Lipinski definition) is 1. The van der Waals surface area contributed by atoms with Gasteiger partial charge in [-0.1, -0.05) is 12.1 Å². The number of sulfonamides is 1. The Labute approximate surface area is 146 Å². The van der Waals surface area contributed by atoms with Crippen LogP contribution in [0, 0.1) is 0 Å². The summed E-state index contributed by atoms with van der Waals surface area (Å²) in [6.07, 6.45) is -3.33. The third kappa shape index (κ3) is 3.78. The number of H-pyrrole nitrogens is 1. The van der Waals surface area contributed by atoms with Crippen molar-refractivity contribution >= 4 is 21.1 Å². The van der Waals surface area contributed by atoms with Gasteiger partial charge in [-0.2, -0.15) is 9.40 Å². The molecule has 0 saturated carbocycles. The second-order valence-corrected chi connectivity index (χ2v) is 7.34. The quantitative estimate of drug-likeness (QED) is 0.728. The van der Waals surface area contributed by atoms with E-state index in [2.05, 4.69) is 19.9 Å². The minimum absolute atomic E-state index is 0.161. The van der Waals surface area contributed by atoms with Crippen molar-refractivity contribution in [2.24, 2.45) is 0 Å². The molecule has 0 unspecified atom stereocenters. The standard InChI is InChI=1S/C15H13F3N4O3S/c1-22(9-10-4-2-5-11(8-10)25-15(16,17)18)26(23,24)14-12-6-3-7-19-13(12)20-21-14/h2-8H,9H2,1H3,(H,19,20,21). The van der Waals surface area contributed by atoms with Crippen LogP contribution in [0.25, 0.3) is 11.0 Å². The largest absolute Gasteiger partial charge is 0.573 e. The van der Waals surface area contributed by atoms with Gasteiger partial charge in [0.25, 0.3) is 10.0 Å². The minimum Gasteiger partial charge on any atom is -0.406 e. The molecular formula is C15H13F3N4O3S. The number of rotatable bonds is 5. The van der Waals surface area contributed by atoms with E-state index in [1.54, 1.807) is 12.1 Å². The van der Waals surface area contributed by atoms with Gasteiger partial charge in [-0.3, -0.25) is 5.10 Å². The molecule has 0 aliphatic carbocycles. The number of benzene rings is 1. The number of aromatic amines is 1. The molecule has 0 amide bonds. The maximum atomic E-state index is 12.7. The molecular weight excluding hydrogens is 373 g/mol.